The highest BCUT2D eigenvalue weighted by Crippen LogP contribution is 2.23. The maximum Gasteiger partial charge on any atom is 0.264 e. The number of nitrogens with zero attached hydrogens (tertiary/aromatic N) is 2. The fraction of sp³-hybridized carbons (Fsp3) is 0.200. The van der Waals surface area contributed by atoms with Gasteiger partial charge in [-0.3, -0.25) is 9.10 Å². The Hall–Kier alpha value is -2.71. The van der Waals surface area contributed by atoms with Crippen LogP contribution in [-0.2, 0) is 27.7 Å². The Balaban J connectivity index is 1.75. The molecule has 6 nitrogen and oxygen atoms in total. The topological polar surface area (TPSA) is 79.4 Å². The molecule has 2 aromatic carbocycles. The summed E-state index contributed by atoms with van der Waals surface area (Å²) in [6, 6.07) is 15.1. The molecule has 0 radical (unpaired) electrons. The SMILES string of the molecule is CCc1nc(CC(=O)Nc2cccc(S(=O)(=O)N(C)c3ccccc3)c2)cs1. The van der Waals surface area contributed by atoms with E-state index in [1.165, 1.54) is 34.8 Å². The van der Waals surface area contributed by atoms with Gasteiger partial charge in [-0.25, -0.2) is 13.4 Å². The number of rotatable bonds is 7. The summed E-state index contributed by atoms with van der Waals surface area (Å²) in [5, 5.41) is 5.61. The van der Waals surface area contributed by atoms with Crippen LogP contribution in [-0.4, -0.2) is 26.4 Å². The molecule has 0 saturated carbocycles. The molecule has 0 saturated heterocycles. The molecule has 28 heavy (non-hydrogen) atoms. The molecule has 1 N–H and O–H groups in total. The summed E-state index contributed by atoms with van der Waals surface area (Å²) in [6.07, 6.45) is 0.985. The normalized spacial score (nSPS) is 11.2. The number of amides is 1. The minimum absolute atomic E-state index is 0.110. The Morgan fingerprint density at radius 3 is 2.57 bits per heavy atom. The third kappa shape index (κ3) is 4.58. The van der Waals surface area contributed by atoms with Gasteiger partial charge in [0, 0.05) is 18.1 Å². The molecule has 1 aromatic heterocycles. The zero-order chi connectivity index (χ0) is 20.1. The number of carbonyl (C=O) groups excluding carboxylic acids is 1. The van der Waals surface area contributed by atoms with E-state index in [1.807, 2.05) is 18.4 Å². The van der Waals surface area contributed by atoms with Gasteiger partial charge in [0.2, 0.25) is 5.91 Å². The molecular formula is C20H21N3O3S2. The molecule has 8 heteroatoms. The molecule has 0 aliphatic rings. The predicted molar refractivity (Wildman–Crippen MR) is 112 cm³/mol. The average Bonchev–Trinajstić information content (AvgIpc) is 3.15. The van der Waals surface area contributed by atoms with Gasteiger partial charge in [0.05, 0.1) is 27.7 Å². The summed E-state index contributed by atoms with van der Waals surface area (Å²) in [5.74, 6) is -0.237. The fourth-order valence-corrected chi connectivity index (χ4v) is 4.62. The number of aryl methyl sites for hydroxylation is 1. The summed E-state index contributed by atoms with van der Waals surface area (Å²) in [6.45, 7) is 2.01. The van der Waals surface area contributed by atoms with Crippen molar-refractivity contribution in [2.75, 3.05) is 16.7 Å². The molecule has 146 valence electrons. The molecule has 0 unspecified atom stereocenters. The van der Waals surface area contributed by atoms with Gasteiger partial charge in [0.1, 0.15) is 0 Å². The number of para-hydroxylation sites is 1. The highest BCUT2D eigenvalue weighted by Gasteiger charge is 2.21. The summed E-state index contributed by atoms with van der Waals surface area (Å²) in [4.78, 5) is 16.8. The van der Waals surface area contributed by atoms with Gasteiger partial charge >= 0.3 is 0 Å². The van der Waals surface area contributed by atoms with Gasteiger partial charge in [-0.2, -0.15) is 0 Å². The number of benzene rings is 2. The van der Waals surface area contributed by atoms with Crippen molar-refractivity contribution < 1.29 is 13.2 Å². The maximum atomic E-state index is 12.9. The molecule has 0 fully saturated rings. The zero-order valence-corrected chi connectivity index (χ0v) is 17.3. The van der Waals surface area contributed by atoms with Crippen molar-refractivity contribution in [2.45, 2.75) is 24.7 Å². The first-order valence-electron chi connectivity index (χ1n) is 8.77. The molecule has 1 amide bonds. The second-order valence-corrected chi connectivity index (χ2v) is 9.06. The van der Waals surface area contributed by atoms with Gasteiger partial charge in [0.25, 0.3) is 10.0 Å². The number of carbonyl (C=O) groups is 1. The number of nitrogens with one attached hydrogen (secondary N) is 1. The molecule has 0 spiro atoms. The van der Waals surface area contributed by atoms with Crippen molar-refractivity contribution >= 4 is 38.6 Å². The number of hydrogen-bond donors (Lipinski definition) is 1. The zero-order valence-electron chi connectivity index (χ0n) is 15.6. The summed E-state index contributed by atoms with van der Waals surface area (Å²) < 4.78 is 27.0. The van der Waals surface area contributed by atoms with Gasteiger partial charge in [0.15, 0.2) is 0 Å². The highest BCUT2D eigenvalue weighted by atomic mass is 32.2. The van der Waals surface area contributed by atoms with Crippen LogP contribution in [0.25, 0.3) is 0 Å². The van der Waals surface area contributed by atoms with E-state index in [2.05, 4.69) is 10.3 Å². The van der Waals surface area contributed by atoms with Crippen molar-refractivity contribution in [3.8, 4) is 0 Å². The van der Waals surface area contributed by atoms with Crippen LogP contribution in [0.3, 0.4) is 0 Å². The van der Waals surface area contributed by atoms with E-state index in [9.17, 15) is 13.2 Å². The molecular weight excluding hydrogens is 394 g/mol. The molecule has 0 bridgehead atoms. The second-order valence-electron chi connectivity index (χ2n) is 6.15. The molecule has 0 aliphatic carbocycles. The largest absolute Gasteiger partial charge is 0.326 e. The van der Waals surface area contributed by atoms with Crippen LogP contribution in [0, 0.1) is 0 Å². The lowest BCUT2D eigenvalue weighted by molar-refractivity contribution is -0.115. The molecule has 0 aliphatic heterocycles. The van der Waals surface area contributed by atoms with E-state index in [0.29, 0.717) is 17.1 Å². The van der Waals surface area contributed by atoms with E-state index in [4.69, 9.17) is 0 Å². The van der Waals surface area contributed by atoms with Crippen LogP contribution >= 0.6 is 11.3 Å². The summed E-state index contributed by atoms with van der Waals surface area (Å²) in [7, 11) is -2.23. The smallest absolute Gasteiger partial charge is 0.264 e. The van der Waals surface area contributed by atoms with Crippen LogP contribution in [0.2, 0.25) is 0 Å². The lowest BCUT2D eigenvalue weighted by atomic mass is 10.3. The minimum Gasteiger partial charge on any atom is -0.326 e. The van der Waals surface area contributed by atoms with Crippen LogP contribution in [0.4, 0.5) is 11.4 Å². The Morgan fingerprint density at radius 1 is 1.14 bits per heavy atom. The van der Waals surface area contributed by atoms with E-state index in [1.54, 1.807) is 36.4 Å². The molecule has 3 rings (SSSR count). The van der Waals surface area contributed by atoms with Gasteiger partial charge in [-0.05, 0) is 36.8 Å². The van der Waals surface area contributed by atoms with Crippen molar-refractivity contribution in [1.29, 1.82) is 0 Å². The lowest BCUT2D eigenvalue weighted by Gasteiger charge is -2.19. The lowest BCUT2D eigenvalue weighted by Crippen LogP contribution is -2.26. The highest BCUT2D eigenvalue weighted by molar-refractivity contribution is 7.92. The van der Waals surface area contributed by atoms with Crippen LogP contribution in [0.1, 0.15) is 17.6 Å². The van der Waals surface area contributed by atoms with Crippen molar-refractivity contribution in [3.05, 3.63) is 70.7 Å². The van der Waals surface area contributed by atoms with E-state index < -0.39 is 10.0 Å². The van der Waals surface area contributed by atoms with Gasteiger partial charge in [-0.1, -0.05) is 31.2 Å². The third-order valence-corrected chi connectivity index (χ3v) is 6.96. The molecule has 0 atom stereocenters. The number of thiazole rings is 1. The Kier molecular flexibility index (Phi) is 6.11. The van der Waals surface area contributed by atoms with E-state index in [-0.39, 0.29) is 17.2 Å². The molecule has 1 heterocycles. The van der Waals surface area contributed by atoms with Crippen LogP contribution < -0.4 is 9.62 Å². The number of anilines is 2. The van der Waals surface area contributed by atoms with Gasteiger partial charge < -0.3 is 5.32 Å². The van der Waals surface area contributed by atoms with E-state index >= 15 is 0 Å². The first-order valence-corrected chi connectivity index (χ1v) is 11.1. The monoisotopic (exact) mass is 415 g/mol. The Morgan fingerprint density at radius 2 is 1.89 bits per heavy atom. The fourth-order valence-electron chi connectivity index (χ4n) is 2.63. The number of hydrogen-bond acceptors (Lipinski definition) is 5. The number of aromatic nitrogens is 1. The third-order valence-electron chi connectivity index (χ3n) is 4.14. The number of sulfonamides is 1. The van der Waals surface area contributed by atoms with Crippen molar-refractivity contribution in [2.24, 2.45) is 0 Å². The minimum atomic E-state index is -3.74. The first-order chi connectivity index (χ1) is 13.4. The summed E-state index contributed by atoms with van der Waals surface area (Å²) >= 11 is 1.53. The summed E-state index contributed by atoms with van der Waals surface area (Å²) in [5.41, 5.74) is 1.71. The van der Waals surface area contributed by atoms with Gasteiger partial charge in [-0.15, -0.1) is 11.3 Å². The Bertz CT molecular complexity index is 1060. The maximum absolute atomic E-state index is 12.9. The average molecular weight is 416 g/mol. The van der Waals surface area contributed by atoms with Crippen LogP contribution in [0.15, 0.2) is 64.9 Å². The van der Waals surface area contributed by atoms with Crippen molar-refractivity contribution in [1.82, 2.24) is 4.98 Å². The Labute approximate surface area is 168 Å². The first kappa shape index (κ1) is 20.0. The predicted octanol–water partition coefficient (Wildman–Crippen LogP) is 3.71. The van der Waals surface area contributed by atoms with E-state index in [0.717, 1.165) is 11.4 Å². The second kappa shape index (κ2) is 8.53. The molecule has 3 aromatic rings. The quantitative estimate of drug-likeness (QED) is 0.638. The van der Waals surface area contributed by atoms with Crippen molar-refractivity contribution in [3.63, 3.8) is 0 Å². The standard InChI is InChI=1S/C20H21N3O3S2/c1-3-20-22-16(14-27-20)13-19(24)21-15-8-7-11-18(12-15)28(25,26)23(2)17-9-5-4-6-10-17/h4-12,14H,3,13H2,1-2H3,(H,21,24). The van der Waals surface area contributed by atoms with Crippen LogP contribution in [0.5, 0.6) is 0 Å².